The minimum absolute atomic E-state index is 0.0871. The van der Waals surface area contributed by atoms with Gasteiger partial charge >= 0.3 is 0 Å². The van der Waals surface area contributed by atoms with Crippen LogP contribution in [0.3, 0.4) is 0 Å². The molecule has 0 aliphatic rings. The molecule has 0 fully saturated rings. The van der Waals surface area contributed by atoms with Gasteiger partial charge in [-0.15, -0.1) is 0 Å². The van der Waals surface area contributed by atoms with Gasteiger partial charge in [-0.3, -0.25) is 4.79 Å². The van der Waals surface area contributed by atoms with Crippen LogP contribution in [0.5, 0.6) is 0 Å². The Kier molecular flexibility index (Phi) is 4.26. The Labute approximate surface area is 167 Å². The monoisotopic (exact) mass is 379 g/mol. The first-order valence-electron chi connectivity index (χ1n) is 9.35. The lowest BCUT2D eigenvalue weighted by atomic mass is 10.0. The van der Waals surface area contributed by atoms with Crippen molar-refractivity contribution in [3.8, 4) is 11.5 Å². The van der Waals surface area contributed by atoms with Crippen molar-refractivity contribution < 1.29 is 9.21 Å². The predicted molar refractivity (Wildman–Crippen MR) is 112 cm³/mol. The molecule has 5 nitrogen and oxygen atoms in total. The van der Waals surface area contributed by atoms with E-state index in [9.17, 15) is 4.79 Å². The molecule has 3 aromatic carbocycles. The zero-order valence-electron chi connectivity index (χ0n) is 15.5. The summed E-state index contributed by atoms with van der Waals surface area (Å²) in [6, 6.07) is 25.1. The van der Waals surface area contributed by atoms with Crippen molar-refractivity contribution in [2.24, 2.45) is 0 Å². The van der Waals surface area contributed by atoms with Crippen LogP contribution in [-0.2, 0) is 6.54 Å². The Bertz CT molecular complexity index is 1280. The first-order valence-corrected chi connectivity index (χ1v) is 9.35. The van der Waals surface area contributed by atoms with E-state index >= 15 is 0 Å². The lowest BCUT2D eigenvalue weighted by Gasteiger charge is -2.08. The van der Waals surface area contributed by atoms with Crippen LogP contribution in [0.4, 0.5) is 0 Å². The minimum Gasteiger partial charge on any atom is -0.434 e. The molecule has 5 aromatic rings. The second-order valence-electron chi connectivity index (χ2n) is 6.75. The molecular formula is C24H17N3O2. The molecule has 0 radical (unpaired) electrons. The van der Waals surface area contributed by atoms with Crippen molar-refractivity contribution in [2.45, 2.75) is 6.54 Å². The Morgan fingerprint density at radius 3 is 2.59 bits per heavy atom. The topological polar surface area (TPSA) is 68.0 Å². The number of amides is 1. The standard InChI is InChI=1S/C24H17N3O2/c28-23(20-8-3-6-17-5-1-2-7-19(17)20)26-15-16-10-12-18(13-11-16)24-27-22-21(29-24)9-4-14-25-22/h1-14H,15H2,(H,26,28). The Morgan fingerprint density at radius 1 is 0.897 bits per heavy atom. The van der Waals surface area contributed by atoms with Gasteiger partial charge in [0.2, 0.25) is 5.89 Å². The highest BCUT2D eigenvalue weighted by Gasteiger charge is 2.11. The van der Waals surface area contributed by atoms with Crippen LogP contribution in [0, 0.1) is 0 Å². The molecular weight excluding hydrogens is 362 g/mol. The lowest BCUT2D eigenvalue weighted by molar-refractivity contribution is 0.0952. The number of nitrogens with zero attached hydrogens (tertiary/aromatic N) is 2. The Balaban J connectivity index is 1.31. The number of benzene rings is 3. The maximum Gasteiger partial charge on any atom is 0.252 e. The molecule has 140 valence electrons. The van der Waals surface area contributed by atoms with Gasteiger partial charge in [-0.2, -0.15) is 4.98 Å². The molecule has 0 aliphatic heterocycles. The van der Waals surface area contributed by atoms with Gasteiger partial charge in [0.1, 0.15) is 0 Å². The predicted octanol–water partition coefficient (Wildman–Crippen LogP) is 4.97. The summed E-state index contributed by atoms with van der Waals surface area (Å²) in [7, 11) is 0. The van der Waals surface area contributed by atoms with Crippen LogP contribution in [0.2, 0.25) is 0 Å². The zero-order chi connectivity index (χ0) is 19.6. The number of hydrogen-bond donors (Lipinski definition) is 1. The van der Waals surface area contributed by atoms with E-state index in [0.717, 1.165) is 21.9 Å². The van der Waals surface area contributed by atoms with Crippen molar-refractivity contribution >= 4 is 27.9 Å². The summed E-state index contributed by atoms with van der Waals surface area (Å²) < 4.78 is 5.75. The van der Waals surface area contributed by atoms with Crippen molar-refractivity contribution in [1.29, 1.82) is 0 Å². The number of aromatic nitrogens is 2. The largest absolute Gasteiger partial charge is 0.434 e. The highest BCUT2D eigenvalue weighted by molar-refractivity contribution is 6.06. The van der Waals surface area contributed by atoms with E-state index in [4.69, 9.17) is 4.42 Å². The van der Waals surface area contributed by atoms with Gasteiger partial charge in [0.25, 0.3) is 5.91 Å². The molecule has 5 heteroatoms. The summed E-state index contributed by atoms with van der Waals surface area (Å²) in [4.78, 5) is 21.3. The first kappa shape index (κ1) is 17.1. The number of rotatable bonds is 4. The Morgan fingerprint density at radius 2 is 1.72 bits per heavy atom. The maximum absolute atomic E-state index is 12.7. The summed E-state index contributed by atoms with van der Waals surface area (Å²) in [6.45, 7) is 0.442. The third-order valence-electron chi connectivity index (χ3n) is 4.85. The summed E-state index contributed by atoms with van der Waals surface area (Å²) >= 11 is 0. The number of carbonyl (C=O) groups excluding carboxylic acids is 1. The van der Waals surface area contributed by atoms with Crippen molar-refractivity contribution in [2.75, 3.05) is 0 Å². The van der Waals surface area contributed by atoms with Gasteiger partial charge in [0.05, 0.1) is 0 Å². The molecule has 1 N–H and O–H groups in total. The quantitative estimate of drug-likeness (QED) is 0.478. The van der Waals surface area contributed by atoms with E-state index in [1.807, 2.05) is 78.9 Å². The molecule has 0 spiro atoms. The zero-order valence-corrected chi connectivity index (χ0v) is 15.5. The fourth-order valence-electron chi connectivity index (χ4n) is 3.36. The molecule has 0 aliphatic carbocycles. The molecule has 0 bridgehead atoms. The average Bonchev–Trinajstić information content (AvgIpc) is 3.22. The fourth-order valence-corrected chi connectivity index (χ4v) is 3.36. The average molecular weight is 379 g/mol. The highest BCUT2D eigenvalue weighted by atomic mass is 16.3. The summed E-state index contributed by atoms with van der Waals surface area (Å²) in [5.74, 6) is 0.445. The van der Waals surface area contributed by atoms with Gasteiger partial charge in [0, 0.05) is 23.9 Å². The molecule has 0 unspecified atom stereocenters. The number of carbonyl (C=O) groups is 1. The molecule has 29 heavy (non-hydrogen) atoms. The summed E-state index contributed by atoms with van der Waals surface area (Å²) in [5, 5.41) is 5.00. The van der Waals surface area contributed by atoms with Gasteiger partial charge in [-0.1, -0.05) is 48.5 Å². The number of pyridine rings is 1. The number of fused-ring (bicyclic) bond motifs is 2. The normalized spacial score (nSPS) is 11.0. The van der Waals surface area contributed by atoms with Gasteiger partial charge in [-0.05, 0) is 46.7 Å². The van der Waals surface area contributed by atoms with Crippen LogP contribution < -0.4 is 5.32 Å². The van der Waals surface area contributed by atoms with Crippen molar-refractivity contribution in [3.05, 3.63) is 96.2 Å². The molecule has 0 atom stereocenters. The fraction of sp³-hybridized carbons (Fsp3) is 0.0417. The van der Waals surface area contributed by atoms with E-state index in [1.54, 1.807) is 6.20 Å². The third kappa shape index (κ3) is 3.34. The van der Waals surface area contributed by atoms with Gasteiger partial charge in [-0.25, -0.2) is 4.98 Å². The molecule has 5 rings (SSSR count). The van der Waals surface area contributed by atoms with E-state index in [1.165, 1.54) is 0 Å². The molecule has 2 heterocycles. The van der Waals surface area contributed by atoms with E-state index in [2.05, 4.69) is 15.3 Å². The summed E-state index contributed by atoms with van der Waals surface area (Å²) in [5.41, 5.74) is 3.80. The second kappa shape index (κ2) is 7.20. The van der Waals surface area contributed by atoms with Gasteiger partial charge < -0.3 is 9.73 Å². The van der Waals surface area contributed by atoms with Gasteiger partial charge in [0.15, 0.2) is 11.2 Å². The van der Waals surface area contributed by atoms with Crippen LogP contribution in [0.1, 0.15) is 15.9 Å². The third-order valence-corrected chi connectivity index (χ3v) is 4.85. The molecule has 0 saturated heterocycles. The van der Waals surface area contributed by atoms with Crippen molar-refractivity contribution in [1.82, 2.24) is 15.3 Å². The van der Waals surface area contributed by atoms with E-state index in [0.29, 0.717) is 29.2 Å². The summed E-state index contributed by atoms with van der Waals surface area (Å²) in [6.07, 6.45) is 1.69. The maximum atomic E-state index is 12.7. The van der Waals surface area contributed by atoms with Crippen LogP contribution >= 0.6 is 0 Å². The molecule has 1 amide bonds. The molecule has 2 aromatic heterocycles. The first-order chi connectivity index (χ1) is 14.3. The smallest absolute Gasteiger partial charge is 0.252 e. The van der Waals surface area contributed by atoms with Crippen LogP contribution in [0.25, 0.3) is 33.5 Å². The second-order valence-corrected chi connectivity index (χ2v) is 6.75. The number of hydrogen-bond acceptors (Lipinski definition) is 4. The molecule has 0 saturated carbocycles. The number of oxazole rings is 1. The van der Waals surface area contributed by atoms with Crippen molar-refractivity contribution in [3.63, 3.8) is 0 Å². The Hall–Kier alpha value is -3.99. The van der Waals surface area contributed by atoms with Crippen LogP contribution in [-0.4, -0.2) is 15.9 Å². The highest BCUT2D eigenvalue weighted by Crippen LogP contribution is 2.23. The lowest BCUT2D eigenvalue weighted by Crippen LogP contribution is -2.22. The van der Waals surface area contributed by atoms with E-state index in [-0.39, 0.29) is 5.91 Å². The minimum atomic E-state index is -0.0871. The SMILES string of the molecule is O=C(NCc1ccc(-c2nc3ncccc3o2)cc1)c1cccc2ccccc12. The number of nitrogens with one attached hydrogen (secondary N) is 1. The van der Waals surface area contributed by atoms with Crippen LogP contribution in [0.15, 0.2) is 89.5 Å². The van der Waals surface area contributed by atoms with E-state index < -0.39 is 0 Å².